The summed E-state index contributed by atoms with van der Waals surface area (Å²) in [5, 5.41) is 11.2. The first-order valence-corrected chi connectivity index (χ1v) is 8.39. The first-order valence-electron chi connectivity index (χ1n) is 6.32. The monoisotopic (exact) mass is 310 g/mol. The summed E-state index contributed by atoms with van der Waals surface area (Å²) in [6, 6.07) is 15.6. The van der Waals surface area contributed by atoms with Gasteiger partial charge in [0.05, 0.1) is 16.9 Å². The molecule has 0 fully saturated rings. The molecule has 0 radical (unpaired) electrons. The summed E-state index contributed by atoms with van der Waals surface area (Å²) < 4.78 is 18.6. The van der Waals surface area contributed by atoms with Gasteiger partial charge in [0.15, 0.2) is 5.85 Å². The van der Waals surface area contributed by atoms with Gasteiger partial charge in [-0.1, -0.05) is 54.1 Å². The van der Waals surface area contributed by atoms with Gasteiger partial charge in [-0.05, 0) is 24.6 Å². The second-order valence-corrected chi connectivity index (χ2v) is 7.08. The van der Waals surface area contributed by atoms with E-state index in [1.54, 1.807) is 55.5 Å². The Hall–Kier alpha value is -1.12. The highest BCUT2D eigenvalue weighted by Crippen LogP contribution is 2.58. The fraction of sp³-hybridized carbons (Fsp3) is 0.200. The molecule has 2 aromatic rings. The van der Waals surface area contributed by atoms with Crippen LogP contribution in [-0.2, 0) is 9.09 Å². The van der Waals surface area contributed by atoms with Crippen LogP contribution >= 0.6 is 19.0 Å². The molecule has 2 rings (SSSR count). The van der Waals surface area contributed by atoms with E-state index in [4.69, 9.17) is 16.1 Å². The number of halogens is 1. The standard InChI is InChI=1S/C15H16ClO3P/c1-2-19-20(18,14-11-7-6-10-13(14)16)15(17)12-8-4-3-5-9-12/h3-11,15,17H,2H2,1H3/t15-,20+/m1/s1. The topological polar surface area (TPSA) is 46.5 Å². The predicted octanol–water partition coefficient (Wildman–Crippen LogP) is 3.97. The van der Waals surface area contributed by atoms with E-state index in [-0.39, 0.29) is 6.61 Å². The molecule has 0 aliphatic rings. The zero-order valence-corrected chi connectivity index (χ0v) is 12.7. The van der Waals surface area contributed by atoms with Crippen LogP contribution < -0.4 is 5.30 Å². The van der Waals surface area contributed by atoms with Gasteiger partial charge in [-0.3, -0.25) is 4.57 Å². The largest absolute Gasteiger partial charge is 0.378 e. The first kappa shape index (κ1) is 15.3. The molecule has 0 aliphatic carbocycles. The Bertz CT molecular complexity index is 616. The Morgan fingerprint density at radius 2 is 1.75 bits per heavy atom. The molecule has 106 valence electrons. The highest BCUT2D eigenvalue weighted by Gasteiger charge is 2.37. The zero-order chi connectivity index (χ0) is 14.6. The number of rotatable bonds is 5. The normalized spacial score (nSPS) is 15.6. The maximum absolute atomic E-state index is 13.2. The average Bonchev–Trinajstić information content (AvgIpc) is 2.48. The van der Waals surface area contributed by atoms with Crippen LogP contribution in [0.2, 0.25) is 5.02 Å². The SMILES string of the molecule is CCO[P@@](=O)(c1ccccc1Cl)[C@@H](O)c1ccccc1. The van der Waals surface area contributed by atoms with Crippen LogP contribution in [-0.4, -0.2) is 11.7 Å². The lowest BCUT2D eigenvalue weighted by Gasteiger charge is -2.24. The van der Waals surface area contributed by atoms with Crippen molar-refractivity contribution in [1.29, 1.82) is 0 Å². The van der Waals surface area contributed by atoms with E-state index in [0.717, 1.165) is 0 Å². The van der Waals surface area contributed by atoms with Crippen molar-refractivity contribution < 1.29 is 14.2 Å². The molecule has 20 heavy (non-hydrogen) atoms. The molecule has 0 bridgehead atoms. The lowest BCUT2D eigenvalue weighted by Crippen LogP contribution is -2.15. The molecule has 3 nitrogen and oxygen atoms in total. The maximum Gasteiger partial charge on any atom is 0.265 e. The predicted molar refractivity (Wildman–Crippen MR) is 81.7 cm³/mol. The Balaban J connectivity index is 2.50. The van der Waals surface area contributed by atoms with E-state index >= 15 is 0 Å². The van der Waals surface area contributed by atoms with Crippen LogP contribution in [0, 0.1) is 0 Å². The number of aliphatic hydroxyl groups is 1. The van der Waals surface area contributed by atoms with Crippen molar-refractivity contribution in [2.24, 2.45) is 0 Å². The summed E-state index contributed by atoms with van der Waals surface area (Å²) in [4.78, 5) is 0. The van der Waals surface area contributed by atoms with Crippen molar-refractivity contribution in [3.8, 4) is 0 Å². The second-order valence-electron chi connectivity index (χ2n) is 4.25. The average molecular weight is 311 g/mol. The van der Waals surface area contributed by atoms with Crippen molar-refractivity contribution in [3.63, 3.8) is 0 Å². The number of hydrogen-bond donors (Lipinski definition) is 1. The lowest BCUT2D eigenvalue weighted by molar-refractivity contribution is 0.218. The van der Waals surface area contributed by atoms with E-state index in [9.17, 15) is 9.67 Å². The van der Waals surface area contributed by atoms with Crippen LogP contribution in [0.1, 0.15) is 18.3 Å². The number of aliphatic hydroxyl groups excluding tert-OH is 1. The number of benzene rings is 2. The smallest absolute Gasteiger partial charge is 0.265 e. The molecule has 0 aromatic heterocycles. The van der Waals surface area contributed by atoms with Crippen LogP contribution in [0.3, 0.4) is 0 Å². The van der Waals surface area contributed by atoms with E-state index in [1.165, 1.54) is 0 Å². The van der Waals surface area contributed by atoms with Crippen molar-refractivity contribution in [1.82, 2.24) is 0 Å². The van der Waals surface area contributed by atoms with Gasteiger partial charge in [0.1, 0.15) is 0 Å². The zero-order valence-electron chi connectivity index (χ0n) is 11.1. The van der Waals surface area contributed by atoms with E-state index in [2.05, 4.69) is 0 Å². The van der Waals surface area contributed by atoms with Gasteiger partial charge in [-0.25, -0.2) is 0 Å². The van der Waals surface area contributed by atoms with E-state index in [0.29, 0.717) is 15.9 Å². The fourth-order valence-electron chi connectivity index (χ4n) is 1.99. The summed E-state index contributed by atoms with van der Waals surface area (Å²) in [7, 11) is -3.50. The molecule has 0 heterocycles. The van der Waals surface area contributed by atoms with Crippen molar-refractivity contribution in [2.45, 2.75) is 12.8 Å². The molecular weight excluding hydrogens is 295 g/mol. The summed E-state index contributed by atoms with van der Waals surface area (Å²) in [5.74, 6) is -1.23. The first-order chi connectivity index (χ1) is 9.59. The third kappa shape index (κ3) is 2.97. The molecule has 0 aliphatic heterocycles. The van der Waals surface area contributed by atoms with Gasteiger partial charge >= 0.3 is 0 Å². The van der Waals surface area contributed by atoms with E-state index in [1.807, 2.05) is 6.07 Å². The maximum atomic E-state index is 13.2. The Kier molecular flexibility index (Phi) is 5.00. The third-order valence-electron chi connectivity index (χ3n) is 2.93. The highest BCUT2D eigenvalue weighted by atomic mass is 35.5. The lowest BCUT2D eigenvalue weighted by atomic mass is 10.2. The summed E-state index contributed by atoms with van der Waals surface area (Å²) >= 11 is 6.11. The molecule has 0 saturated heterocycles. The quantitative estimate of drug-likeness (QED) is 0.850. The molecule has 0 spiro atoms. The van der Waals surface area contributed by atoms with Crippen LogP contribution in [0.15, 0.2) is 54.6 Å². The Labute approximate surface area is 123 Å². The Morgan fingerprint density at radius 1 is 1.15 bits per heavy atom. The summed E-state index contributed by atoms with van der Waals surface area (Å²) in [6.45, 7) is 1.97. The Morgan fingerprint density at radius 3 is 2.35 bits per heavy atom. The summed E-state index contributed by atoms with van der Waals surface area (Å²) in [5.41, 5.74) is 0.546. The van der Waals surface area contributed by atoms with E-state index < -0.39 is 13.2 Å². The summed E-state index contributed by atoms with van der Waals surface area (Å²) in [6.07, 6.45) is 0. The van der Waals surface area contributed by atoms with Crippen LogP contribution in [0.4, 0.5) is 0 Å². The molecule has 1 N–H and O–H groups in total. The molecule has 5 heteroatoms. The van der Waals surface area contributed by atoms with Gasteiger partial charge in [0, 0.05) is 0 Å². The van der Waals surface area contributed by atoms with Crippen molar-refractivity contribution >= 4 is 24.3 Å². The molecule has 0 saturated carbocycles. The van der Waals surface area contributed by atoms with Crippen LogP contribution in [0.25, 0.3) is 0 Å². The highest BCUT2D eigenvalue weighted by molar-refractivity contribution is 7.67. The van der Waals surface area contributed by atoms with Gasteiger partial charge < -0.3 is 9.63 Å². The molecule has 0 amide bonds. The van der Waals surface area contributed by atoms with Gasteiger partial charge in [0.25, 0.3) is 7.37 Å². The molecule has 0 unspecified atom stereocenters. The minimum atomic E-state index is -3.50. The molecular formula is C15H16ClO3P. The van der Waals surface area contributed by atoms with Crippen molar-refractivity contribution in [3.05, 3.63) is 65.2 Å². The number of hydrogen-bond acceptors (Lipinski definition) is 3. The van der Waals surface area contributed by atoms with Crippen molar-refractivity contribution in [2.75, 3.05) is 6.61 Å². The van der Waals surface area contributed by atoms with Crippen LogP contribution in [0.5, 0.6) is 0 Å². The second kappa shape index (κ2) is 6.55. The molecule has 2 aromatic carbocycles. The fourth-order valence-corrected chi connectivity index (χ4v) is 4.64. The minimum absolute atomic E-state index is 0.229. The van der Waals surface area contributed by atoms with Gasteiger partial charge in [-0.2, -0.15) is 0 Å². The van der Waals surface area contributed by atoms with Gasteiger partial charge in [0.2, 0.25) is 0 Å². The third-order valence-corrected chi connectivity index (χ3v) is 6.04. The van der Waals surface area contributed by atoms with Gasteiger partial charge in [-0.15, -0.1) is 0 Å². The molecule has 2 atom stereocenters. The minimum Gasteiger partial charge on any atom is -0.378 e.